The van der Waals surface area contributed by atoms with Gasteiger partial charge in [-0.25, -0.2) is 0 Å². The summed E-state index contributed by atoms with van der Waals surface area (Å²) in [6, 6.07) is 16.8. The van der Waals surface area contributed by atoms with Crippen LogP contribution in [0.25, 0.3) is 0 Å². The number of hydrogen-bond acceptors (Lipinski definition) is 4. The van der Waals surface area contributed by atoms with Gasteiger partial charge in [0.1, 0.15) is 5.75 Å². The van der Waals surface area contributed by atoms with Crippen molar-refractivity contribution in [3.8, 4) is 5.75 Å². The average molecular weight is 341 g/mol. The summed E-state index contributed by atoms with van der Waals surface area (Å²) in [6.07, 6.45) is 0.0886. The maximum atomic E-state index is 11.8. The number of carbonyl (C=O) groups excluding carboxylic acids is 2. The second kappa shape index (κ2) is 9.47. The van der Waals surface area contributed by atoms with E-state index in [4.69, 9.17) is 9.47 Å². The normalized spacial score (nSPS) is 10.4. The van der Waals surface area contributed by atoms with Gasteiger partial charge in [0.2, 0.25) is 0 Å². The molecule has 132 valence electrons. The van der Waals surface area contributed by atoms with Crippen LogP contribution in [0.5, 0.6) is 5.75 Å². The molecule has 1 amide bonds. The van der Waals surface area contributed by atoms with E-state index in [9.17, 15) is 9.59 Å². The van der Waals surface area contributed by atoms with E-state index in [0.29, 0.717) is 17.4 Å². The van der Waals surface area contributed by atoms with Crippen LogP contribution in [-0.2, 0) is 14.3 Å². The number of para-hydroxylation sites is 1. The molecule has 0 heterocycles. The summed E-state index contributed by atoms with van der Waals surface area (Å²) in [5.74, 6) is 0.289. The minimum Gasteiger partial charge on any atom is -0.493 e. The van der Waals surface area contributed by atoms with Crippen molar-refractivity contribution >= 4 is 17.6 Å². The number of rotatable bonds is 8. The first-order valence-corrected chi connectivity index (χ1v) is 8.28. The molecule has 0 bridgehead atoms. The van der Waals surface area contributed by atoms with Crippen molar-refractivity contribution in [2.45, 2.75) is 26.2 Å². The summed E-state index contributed by atoms with van der Waals surface area (Å²) in [5, 5.41) is 2.70. The number of ether oxygens (including phenoxy) is 2. The van der Waals surface area contributed by atoms with Crippen LogP contribution in [0.1, 0.15) is 31.7 Å². The van der Waals surface area contributed by atoms with Gasteiger partial charge < -0.3 is 14.8 Å². The molecule has 0 spiro atoms. The molecule has 25 heavy (non-hydrogen) atoms. The molecule has 2 aromatic rings. The van der Waals surface area contributed by atoms with Gasteiger partial charge in [-0.3, -0.25) is 9.59 Å². The molecule has 0 unspecified atom stereocenters. The molecule has 0 aromatic heterocycles. The van der Waals surface area contributed by atoms with Crippen molar-refractivity contribution in [2.75, 3.05) is 18.5 Å². The van der Waals surface area contributed by atoms with Crippen molar-refractivity contribution in [3.63, 3.8) is 0 Å². The Morgan fingerprint density at radius 3 is 2.32 bits per heavy atom. The van der Waals surface area contributed by atoms with Gasteiger partial charge in [0.15, 0.2) is 6.61 Å². The van der Waals surface area contributed by atoms with Crippen LogP contribution in [0.15, 0.2) is 54.6 Å². The van der Waals surface area contributed by atoms with E-state index in [1.807, 2.05) is 54.6 Å². The Hall–Kier alpha value is -2.82. The first-order valence-electron chi connectivity index (χ1n) is 8.28. The van der Waals surface area contributed by atoms with Crippen LogP contribution in [0.4, 0.5) is 5.69 Å². The zero-order valence-corrected chi connectivity index (χ0v) is 14.5. The Bertz CT molecular complexity index is 681. The van der Waals surface area contributed by atoms with Gasteiger partial charge in [0.25, 0.3) is 5.91 Å². The van der Waals surface area contributed by atoms with Gasteiger partial charge in [-0.1, -0.05) is 44.2 Å². The number of amides is 1. The summed E-state index contributed by atoms with van der Waals surface area (Å²) in [6.45, 7) is 4.11. The van der Waals surface area contributed by atoms with Crippen LogP contribution < -0.4 is 10.1 Å². The lowest BCUT2D eigenvalue weighted by atomic mass is 10.0. The summed E-state index contributed by atoms with van der Waals surface area (Å²) < 4.78 is 10.4. The molecular formula is C20H23NO4. The van der Waals surface area contributed by atoms with Crippen molar-refractivity contribution in [2.24, 2.45) is 0 Å². The second-order valence-electron chi connectivity index (χ2n) is 5.90. The fourth-order valence-electron chi connectivity index (χ4n) is 2.14. The molecule has 2 rings (SSSR count). The zero-order valence-electron chi connectivity index (χ0n) is 14.5. The van der Waals surface area contributed by atoms with Gasteiger partial charge in [0, 0.05) is 5.69 Å². The lowest BCUT2D eigenvalue weighted by Gasteiger charge is -2.09. The minimum atomic E-state index is -0.471. The third-order valence-electron chi connectivity index (χ3n) is 3.54. The molecule has 0 aliphatic rings. The second-order valence-corrected chi connectivity index (χ2v) is 5.90. The number of anilines is 1. The maximum absolute atomic E-state index is 11.8. The minimum absolute atomic E-state index is 0.0886. The van der Waals surface area contributed by atoms with E-state index in [0.717, 1.165) is 0 Å². The molecule has 0 atom stereocenters. The number of esters is 1. The average Bonchev–Trinajstić information content (AvgIpc) is 2.61. The van der Waals surface area contributed by atoms with Crippen molar-refractivity contribution in [1.29, 1.82) is 0 Å². The van der Waals surface area contributed by atoms with E-state index in [1.165, 1.54) is 5.56 Å². The Balaban J connectivity index is 1.66. The van der Waals surface area contributed by atoms with Crippen LogP contribution >= 0.6 is 0 Å². The Morgan fingerprint density at radius 2 is 1.68 bits per heavy atom. The molecule has 5 heteroatoms. The molecule has 0 saturated heterocycles. The van der Waals surface area contributed by atoms with Crippen LogP contribution in [0.2, 0.25) is 0 Å². The predicted octanol–water partition coefficient (Wildman–Crippen LogP) is 3.76. The smallest absolute Gasteiger partial charge is 0.309 e. The lowest BCUT2D eigenvalue weighted by molar-refractivity contribution is -0.147. The fourth-order valence-corrected chi connectivity index (χ4v) is 2.14. The summed E-state index contributed by atoms with van der Waals surface area (Å²) in [7, 11) is 0. The van der Waals surface area contributed by atoms with Gasteiger partial charge in [-0.2, -0.15) is 0 Å². The summed E-state index contributed by atoms with van der Waals surface area (Å²) in [4.78, 5) is 23.4. The van der Waals surface area contributed by atoms with Crippen LogP contribution in [-0.4, -0.2) is 25.1 Å². The van der Waals surface area contributed by atoms with E-state index in [1.54, 1.807) is 0 Å². The molecule has 0 saturated carbocycles. The highest BCUT2D eigenvalue weighted by molar-refractivity contribution is 5.92. The predicted molar refractivity (Wildman–Crippen MR) is 96.7 cm³/mol. The third kappa shape index (κ3) is 6.67. The van der Waals surface area contributed by atoms with E-state index in [2.05, 4.69) is 19.2 Å². The highest BCUT2D eigenvalue weighted by Crippen LogP contribution is 2.17. The van der Waals surface area contributed by atoms with Gasteiger partial charge in [-0.05, 0) is 35.7 Å². The number of benzene rings is 2. The highest BCUT2D eigenvalue weighted by atomic mass is 16.5. The topological polar surface area (TPSA) is 64.6 Å². The monoisotopic (exact) mass is 341 g/mol. The van der Waals surface area contributed by atoms with Gasteiger partial charge >= 0.3 is 5.97 Å². The molecule has 2 aromatic carbocycles. The summed E-state index contributed by atoms with van der Waals surface area (Å²) in [5.41, 5.74) is 1.88. The standard InChI is InChI=1S/C20H23NO4/c1-15(2)16-8-10-17(11-9-16)21-19(22)14-25-20(23)12-13-24-18-6-4-3-5-7-18/h3-11,15H,12-14H2,1-2H3,(H,21,22). The van der Waals surface area contributed by atoms with Gasteiger partial charge in [0.05, 0.1) is 13.0 Å². The Labute approximate surface area is 148 Å². The SMILES string of the molecule is CC(C)c1ccc(NC(=O)COC(=O)CCOc2ccccc2)cc1. The fraction of sp³-hybridized carbons (Fsp3) is 0.300. The molecule has 0 aliphatic heterocycles. The van der Waals surface area contributed by atoms with Crippen molar-refractivity contribution < 1.29 is 19.1 Å². The Kier molecular flexibility index (Phi) is 7.01. The lowest BCUT2D eigenvalue weighted by Crippen LogP contribution is -2.21. The number of nitrogens with one attached hydrogen (secondary N) is 1. The zero-order chi connectivity index (χ0) is 18.1. The molecule has 0 aliphatic carbocycles. The molecule has 1 N–H and O–H groups in total. The Morgan fingerprint density at radius 1 is 1.00 bits per heavy atom. The van der Waals surface area contributed by atoms with E-state index in [-0.39, 0.29) is 25.5 Å². The molecule has 0 radical (unpaired) electrons. The number of hydrogen-bond donors (Lipinski definition) is 1. The van der Waals surface area contributed by atoms with Crippen molar-refractivity contribution in [3.05, 3.63) is 60.2 Å². The third-order valence-corrected chi connectivity index (χ3v) is 3.54. The quantitative estimate of drug-likeness (QED) is 0.743. The van der Waals surface area contributed by atoms with E-state index < -0.39 is 5.97 Å². The first-order chi connectivity index (χ1) is 12.0. The largest absolute Gasteiger partial charge is 0.493 e. The number of carbonyl (C=O) groups is 2. The maximum Gasteiger partial charge on any atom is 0.309 e. The van der Waals surface area contributed by atoms with Gasteiger partial charge in [-0.15, -0.1) is 0 Å². The summed E-state index contributed by atoms with van der Waals surface area (Å²) >= 11 is 0. The highest BCUT2D eigenvalue weighted by Gasteiger charge is 2.08. The molecule has 5 nitrogen and oxygen atoms in total. The van der Waals surface area contributed by atoms with Crippen molar-refractivity contribution in [1.82, 2.24) is 0 Å². The van der Waals surface area contributed by atoms with E-state index >= 15 is 0 Å². The molecule has 0 fully saturated rings. The van der Waals surface area contributed by atoms with Crippen LogP contribution in [0, 0.1) is 0 Å². The molecular weight excluding hydrogens is 318 g/mol. The first kappa shape index (κ1) is 18.5. The van der Waals surface area contributed by atoms with Crippen LogP contribution in [0.3, 0.4) is 0 Å².